The number of benzene rings is 1. The lowest BCUT2D eigenvalue weighted by molar-refractivity contribution is -0.115. The second-order valence-corrected chi connectivity index (χ2v) is 4.81. The van der Waals surface area contributed by atoms with Crippen LogP contribution in [0.15, 0.2) is 47.1 Å². The number of hydrogen-bond acceptors (Lipinski definition) is 3. The van der Waals surface area contributed by atoms with Crippen LogP contribution in [0, 0.1) is 0 Å². The number of amides is 1. The molecule has 0 fully saturated rings. The van der Waals surface area contributed by atoms with E-state index in [-0.39, 0.29) is 11.9 Å². The SMILES string of the molecule is CCC(=O)Nc1cccc(NC(C)Cc2ccco2)c1. The molecule has 20 heavy (non-hydrogen) atoms. The Hall–Kier alpha value is -2.23. The largest absolute Gasteiger partial charge is 0.469 e. The van der Waals surface area contributed by atoms with Gasteiger partial charge in [0.05, 0.1) is 6.26 Å². The van der Waals surface area contributed by atoms with Gasteiger partial charge in [0.25, 0.3) is 0 Å². The maximum atomic E-state index is 11.4. The van der Waals surface area contributed by atoms with Gasteiger partial charge >= 0.3 is 0 Å². The molecular weight excluding hydrogens is 252 g/mol. The summed E-state index contributed by atoms with van der Waals surface area (Å²) in [5, 5.41) is 6.25. The number of nitrogens with one attached hydrogen (secondary N) is 2. The van der Waals surface area contributed by atoms with Crippen LogP contribution < -0.4 is 10.6 Å². The summed E-state index contributed by atoms with van der Waals surface area (Å²) in [5.74, 6) is 0.978. The second kappa shape index (κ2) is 6.80. The lowest BCUT2D eigenvalue weighted by Gasteiger charge is -2.15. The molecule has 106 valence electrons. The van der Waals surface area contributed by atoms with Crippen molar-refractivity contribution < 1.29 is 9.21 Å². The lowest BCUT2D eigenvalue weighted by Crippen LogP contribution is -2.18. The van der Waals surface area contributed by atoms with Crippen molar-refractivity contribution in [2.45, 2.75) is 32.7 Å². The third-order valence-corrected chi connectivity index (χ3v) is 2.97. The summed E-state index contributed by atoms with van der Waals surface area (Å²) < 4.78 is 5.34. The number of anilines is 2. The molecule has 2 rings (SSSR count). The number of carbonyl (C=O) groups excluding carboxylic acids is 1. The van der Waals surface area contributed by atoms with Crippen LogP contribution in [0.3, 0.4) is 0 Å². The van der Waals surface area contributed by atoms with Crippen molar-refractivity contribution in [1.82, 2.24) is 0 Å². The average molecular weight is 272 g/mol. The number of hydrogen-bond donors (Lipinski definition) is 2. The molecule has 1 aromatic heterocycles. The molecule has 0 aliphatic rings. The topological polar surface area (TPSA) is 54.3 Å². The maximum absolute atomic E-state index is 11.4. The fourth-order valence-electron chi connectivity index (χ4n) is 2.00. The first kappa shape index (κ1) is 14.2. The molecule has 4 nitrogen and oxygen atoms in total. The Morgan fingerprint density at radius 1 is 1.25 bits per heavy atom. The van der Waals surface area contributed by atoms with Crippen LogP contribution >= 0.6 is 0 Å². The molecule has 0 bridgehead atoms. The summed E-state index contributed by atoms with van der Waals surface area (Å²) in [4.78, 5) is 11.4. The van der Waals surface area contributed by atoms with Crippen LogP contribution in [0.25, 0.3) is 0 Å². The minimum atomic E-state index is 0.0192. The Labute approximate surface area is 119 Å². The third-order valence-electron chi connectivity index (χ3n) is 2.97. The van der Waals surface area contributed by atoms with Crippen molar-refractivity contribution in [3.8, 4) is 0 Å². The molecule has 0 saturated heterocycles. The van der Waals surface area contributed by atoms with Gasteiger partial charge in [-0.2, -0.15) is 0 Å². The van der Waals surface area contributed by atoms with E-state index >= 15 is 0 Å². The minimum absolute atomic E-state index is 0.0192. The monoisotopic (exact) mass is 272 g/mol. The zero-order chi connectivity index (χ0) is 14.4. The highest BCUT2D eigenvalue weighted by Gasteiger charge is 2.06. The first-order valence-corrected chi connectivity index (χ1v) is 6.86. The summed E-state index contributed by atoms with van der Waals surface area (Å²) in [5.41, 5.74) is 1.80. The molecule has 1 amide bonds. The van der Waals surface area contributed by atoms with Gasteiger partial charge in [-0.25, -0.2) is 0 Å². The van der Waals surface area contributed by atoms with Gasteiger partial charge in [-0.1, -0.05) is 13.0 Å². The Kier molecular flexibility index (Phi) is 4.82. The molecule has 1 heterocycles. The summed E-state index contributed by atoms with van der Waals surface area (Å²) in [6, 6.07) is 11.8. The zero-order valence-corrected chi connectivity index (χ0v) is 11.8. The van der Waals surface area contributed by atoms with Crippen LogP contribution in [0.2, 0.25) is 0 Å². The minimum Gasteiger partial charge on any atom is -0.469 e. The molecule has 2 aromatic rings. The molecular formula is C16H20N2O2. The number of rotatable bonds is 6. The highest BCUT2D eigenvalue weighted by molar-refractivity contribution is 5.90. The Morgan fingerprint density at radius 3 is 2.75 bits per heavy atom. The van der Waals surface area contributed by atoms with E-state index in [1.807, 2.05) is 43.3 Å². The molecule has 1 unspecified atom stereocenters. The van der Waals surface area contributed by atoms with E-state index in [4.69, 9.17) is 4.42 Å². The highest BCUT2D eigenvalue weighted by Crippen LogP contribution is 2.17. The van der Waals surface area contributed by atoms with Crippen molar-refractivity contribution in [3.63, 3.8) is 0 Å². The van der Waals surface area contributed by atoms with Gasteiger partial charge in [0.1, 0.15) is 5.76 Å². The summed E-state index contributed by atoms with van der Waals surface area (Å²) in [6.07, 6.45) is 2.98. The van der Waals surface area contributed by atoms with Crippen LogP contribution in [0.4, 0.5) is 11.4 Å². The van der Waals surface area contributed by atoms with Gasteiger partial charge in [-0.15, -0.1) is 0 Å². The highest BCUT2D eigenvalue weighted by atomic mass is 16.3. The zero-order valence-electron chi connectivity index (χ0n) is 11.8. The standard InChI is InChI=1S/C16H20N2O2/c1-3-16(19)18-14-7-4-6-13(11-14)17-12(2)10-15-8-5-9-20-15/h4-9,11-12,17H,3,10H2,1-2H3,(H,18,19). The maximum Gasteiger partial charge on any atom is 0.224 e. The van der Waals surface area contributed by atoms with E-state index < -0.39 is 0 Å². The molecule has 0 saturated carbocycles. The van der Waals surface area contributed by atoms with Gasteiger partial charge in [-0.05, 0) is 37.3 Å². The molecule has 0 aliphatic carbocycles. The average Bonchev–Trinajstić information content (AvgIpc) is 2.91. The molecule has 1 atom stereocenters. The molecule has 4 heteroatoms. The van der Waals surface area contributed by atoms with Gasteiger partial charge in [0.2, 0.25) is 5.91 Å². The quantitative estimate of drug-likeness (QED) is 0.843. The van der Waals surface area contributed by atoms with E-state index in [2.05, 4.69) is 17.6 Å². The normalized spacial score (nSPS) is 11.9. The third kappa shape index (κ3) is 4.16. The summed E-state index contributed by atoms with van der Waals surface area (Å²) >= 11 is 0. The van der Waals surface area contributed by atoms with Crippen molar-refractivity contribution in [2.75, 3.05) is 10.6 Å². The molecule has 0 radical (unpaired) electrons. The van der Waals surface area contributed by atoms with Gasteiger partial charge in [0, 0.05) is 30.3 Å². The van der Waals surface area contributed by atoms with Crippen LogP contribution in [-0.4, -0.2) is 11.9 Å². The fourth-order valence-corrected chi connectivity index (χ4v) is 2.00. The predicted octanol–water partition coefficient (Wildman–Crippen LogP) is 3.67. The summed E-state index contributed by atoms with van der Waals surface area (Å²) in [6.45, 7) is 3.93. The van der Waals surface area contributed by atoms with Crippen molar-refractivity contribution in [3.05, 3.63) is 48.4 Å². The lowest BCUT2D eigenvalue weighted by atomic mass is 10.2. The van der Waals surface area contributed by atoms with Crippen LogP contribution in [-0.2, 0) is 11.2 Å². The fraction of sp³-hybridized carbons (Fsp3) is 0.312. The van der Waals surface area contributed by atoms with Crippen LogP contribution in [0.5, 0.6) is 0 Å². The van der Waals surface area contributed by atoms with Gasteiger partial charge in [0.15, 0.2) is 0 Å². The van der Waals surface area contributed by atoms with E-state index in [9.17, 15) is 4.79 Å². The molecule has 1 aromatic carbocycles. The Bertz CT molecular complexity index is 549. The van der Waals surface area contributed by atoms with E-state index in [1.165, 1.54) is 0 Å². The van der Waals surface area contributed by atoms with Gasteiger partial charge in [-0.3, -0.25) is 4.79 Å². The smallest absolute Gasteiger partial charge is 0.224 e. The van der Waals surface area contributed by atoms with Crippen molar-refractivity contribution in [1.29, 1.82) is 0 Å². The number of furan rings is 1. The molecule has 0 aliphatic heterocycles. The first-order valence-electron chi connectivity index (χ1n) is 6.86. The van der Waals surface area contributed by atoms with E-state index in [0.717, 1.165) is 23.6 Å². The first-order chi connectivity index (χ1) is 9.67. The molecule has 2 N–H and O–H groups in total. The van der Waals surface area contributed by atoms with Crippen LogP contribution in [0.1, 0.15) is 26.0 Å². The molecule has 0 spiro atoms. The van der Waals surface area contributed by atoms with Crippen molar-refractivity contribution >= 4 is 17.3 Å². The van der Waals surface area contributed by atoms with Gasteiger partial charge < -0.3 is 15.1 Å². The van der Waals surface area contributed by atoms with E-state index in [0.29, 0.717) is 6.42 Å². The number of carbonyl (C=O) groups is 1. The Balaban J connectivity index is 1.95. The van der Waals surface area contributed by atoms with E-state index in [1.54, 1.807) is 6.26 Å². The second-order valence-electron chi connectivity index (χ2n) is 4.81. The Morgan fingerprint density at radius 2 is 2.05 bits per heavy atom. The predicted molar refractivity (Wildman–Crippen MR) is 80.9 cm³/mol. The summed E-state index contributed by atoms with van der Waals surface area (Å²) in [7, 11) is 0. The van der Waals surface area contributed by atoms with Crippen molar-refractivity contribution in [2.24, 2.45) is 0 Å².